The zero-order chi connectivity index (χ0) is 65.4. The highest BCUT2D eigenvalue weighted by molar-refractivity contribution is 5.76. The Kier molecular flexibility index (Phi) is 48.2. The van der Waals surface area contributed by atoms with E-state index < -0.39 is 124 Å². The fraction of sp³-hybridized carbons (Fsp3) is 0.873. The van der Waals surface area contributed by atoms with Crippen LogP contribution in [0, 0.1) is 0 Å². The van der Waals surface area contributed by atoms with E-state index >= 15 is 0 Å². The van der Waals surface area contributed by atoms with Crippen molar-refractivity contribution in [3.8, 4) is 0 Å². The number of ether oxygens (including phenoxy) is 6. The van der Waals surface area contributed by atoms with Crippen LogP contribution >= 0.6 is 0 Å². The minimum Gasteiger partial charge on any atom is -0.394 e. The molecule has 19 nitrogen and oxygen atoms in total. The minimum absolute atomic E-state index is 0.237. The van der Waals surface area contributed by atoms with Gasteiger partial charge in [-0.3, -0.25) is 4.79 Å². The largest absolute Gasteiger partial charge is 0.394 e. The Bertz CT molecular complexity index is 1820. The molecule has 3 aliphatic rings. The van der Waals surface area contributed by atoms with E-state index in [0.29, 0.717) is 12.8 Å². The lowest BCUT2D eigenvalue weighted by Gasteiger charge is -2.48. The molecule has 3 saturated heterocycles. The highest BCUT2D eigenvalue weighted by Crippen LogP contribution is 2.33. The number of aliphatic hydroxyl groups is 11. The summed E-state index contributed by atoms with van der Waals surface area (Å²) < 4.78 is 34.4. The Balaban J connectivity index is 1.41. The van der Waals surface area contributed by atoms with Gasteiger partial charge in [-0.2, -0.15) is 0 Å². The molecule has 0 radical (unpaired) electrons. The highest BCUT2D eigenvalue weighted by atomic mass is 16.8. The maximum Gasteiger partial charge on any atom is 0.220 e. The predicted octanol–water partition coefficient (Wildman–Crippen LogP) is 9.78. The first-order valence-electron chi connectivity index (χ1n) is 35.9. The zero-order valence-electron chi connectivity index (χ0n) is 55.6. The van der Waals surface area contributed by atoms with E-state index in [1.54, 1.807) is 0 Å². The topological polar surface area (TPSA) is 307 Å². The van der Waals surface area contributed by atoms with Crippen LogP contribution in [0.2, 0.25) is 0 Å². The Morgan fingerprint density at radius 2 is 0.767 bits per heavy atom. The van der Waals surface area contributed by atoms with Crippen LogP contribution in [-0.4, -0.2) is 193 Å². The molecule has 3 aliphatic heterocycles. The molecule has 0 aliphatic carbocycles. The quantitative estimate of drug-likeness (QED) is 0.0199. The molecule has 1 amide bonds. The van der Waals surface area contributed by atoms with Gasteiger partial charge in [-0.1, -0.05) is 255 Å². The van der Waals surface area contributed by atoms with Crippen molar-refractivity contribution in [3.63, 3.8) is 0 Å². The van der Waals surface area contributed by atoms with Crippen LogP contribution in [0.15, 0.2) is 48.6 Å². The van der Waals surface area contributed by atoms with Gasteiger partial charge in [-0.25, -0.2) is 0 Å². The lowest BCUT2D eigenvalue weighted by Crippen LogP contribution is -2.66. The van der Waals surface area contributed by atoms with Crippen molar-refractivity contribution in [1.82, 2.24) is 5.32 Å². The molecular weight excluding hydrogens is 1150 g/mol. The van der Waals surface area contributed by atoms with Gasteiger partial charge in [-0.05, 0) is 51.4 Å². The summed E-state index contributed by atoms with van der Waals surface area (Å²) in [4.78, 5) is 13.4. The number of nitrogens with one attached hydrogen (secondary N) is 1. The highest BCUT2D eigenvalue weighted by Gasteiger charge is 2.53. The second-order valence-electron chi connectivity index (χ2n) is 25.7. The molecule has 17 atom stereocenters. The molecule has 3 fully saturated rings. The maximum atomic E-state index is 13.4. The third-order valence-corrected chi connectivity index (χ3v) is 17.9. The van der Waals surface area contributed by atoms with E-state index in [2.05, 4.69) is 67.8 Å². The van der Waals surface area contributed by atoms with Gasteiger partial charge < -0.3 is 89.9 Å². The van der Waals surface area contributed by atoms with Crippen LogP contribution in [0.5, 0.6) is 0 Å². The summed E-state index contributed by atoms with van der Waals surface area (Å²) in [7, 11) is 0. The molecule has 12 N–H and O–H groups in total. The Labute approximate surface area is 542 Å². The number of allylic oxidation sites excluding steroid dienone is 8. The molecule has 526 valence electrons. The number of rotatable bonds is 55. The maximum absolute atomic E-state index is 13.4. The van der Waals surface area contributed by atoms with Gasteiger partial charge in [0.15, 0.2) is 18.9 Å². The van der Waals surface area contributed by atoms with Crippen molar-refractivity contribution in [2.45, 2.75) is 369 Å². The summed E-state index contributed by atoms with van der Waals surface area (Å²) in [6.45, 7) is 1.69. The third-order valence-electron chi connectivity index (χ3n) is 17.9. The van der Waals surface area contributed by atoms with Crippen LogP contribution in [0.4, 0.5) is 0 Å². The van der Waals surface area contributed by atoms with Crippen LogP contribution in [0.25, 0.3) is 0 Å². The first-order chi connectivity index (χ1) is 43.8. The Morgan fingerprint density at radius 3 is 1.20 bits per heavy atom. The molecule has 90 heavy (non-hydrogen) atoms. The van der Waals surface area contributed by atoms with Gasteiger partial charge in [-0.15, -0.1) is 0 Å². The Hall–Kier alpha value is -2.25. The zero-order valence-corrected chi connectivity index (χ0v) is 55.6. The van der Waals surface area contributed by atoms with Gasteiger partial charge in [0.05, 0.1) is 38.6 Å². The van der Waals surface area contributed by atoms with Crippen molar-refractivity contribution in [2.24, 2.45) is 0 Å². The molecule has 0 spiro atoms. The average molecular weight is 1280 g/mol. The monoisotopic (exact) mass is 1280 g/mol. The van der Waals surface area contributed by atoms with Crippen LogP contribution < -0.4 is 5.32 Å². The Morgan fingerprint density at radius 1 is 0.411 bits per heavy atom. The lowest BCUT2D eigenvalue weighted by atomic mass is 9.96. The molecule has 0 aromatic carbocycles. The van der Waals surface area contributed by atoms with Crippen molar-refractivity contribution in [3.05, 3.63) is 48.6 Å². The summed E-state index contributed by atoms with van der Waals surface area (Å²) in [6, 6.07) is -0.903. The van der Waals surface area contributed by atoms with Crippen molar-refractivity contribution in [1.29, 1.82) is 0 Å². The van der Waals surface area contributed by atoms with E-state index in [1.807, 2.05) is 0 Å². The molecule has 19 heteroatoms. The SMILES string of the molecule is CC/C=C\C/C=C\C/C=C\C/C=C\CCCCCCC(=O)NC(COC1OC(CO)C(OC2OC(CO)C(OC3OC(CO)C(O)C(O)C3O)C(O)C2O)C(O)C1O)C(O)CCCCCCCCCCCCCCCCCCCCCCCCCCCCCC. The number of hydrogen-bond acceptors (Lipinski definition) is 18. The number of hydrogen-bond donors (Lipinski definition) is 12. The third kappa shape index (κ3) is 34.4. The van der Waals surface area contributed by atoms with Gasteiger partial charge in [0, 0.05) is 6.42 Å². The standard InChI is InChI=1S/C71H129NO18/c1-3-5-7-9-11-13-15-17-19-21-22-23-24-25-26-27-28-29-30-31-33-34-36-38-40-42-44-46-48-55(76)54(72-59(77)49-47-45-43-41-39-37-35-32-20-18-16-14-12-10-8-6-4-2)53-85-69-65(83)62(80)67(57(51-74)87-69)90-71-66(84)63(81)68(58(52-75)88-71)89-70-64(82)61(79)60(78)56(50-73)86-70/h6,8,12,14,18,20,35,37,54-58,60-71,73-76,78-84H,3-5,7,9-11,13,15-17,19,21-34,36,38-53H2,1-2H3,(H,72,77)/b8-6-,14-12-,20-18-,37-35-. The van der Waals surface area contributed by atoms with E-state index in [0.717, 1.165) is 77.0 Å². The summed E-state index contributed by atoms with van der Waals surface area (Å²) in [6.07, 6.45) is 36.3. The van der Waals surface area contributed by atoms with E-state index in [1.165, 1.54) is 154 Å². The van der Waals surface area contributed by atoms with Crippen molar-refractivity contribution < 1.29 is 89.4 Å². The second kappa shape index (κ2) is 53.0. The molecule has 17 unspecified atom stereocenters. The van der Waals surface area contributed by atoms with E-state index in [-0.39, 0.29) is 18.9 Å². The number of carbonyl (C=O) groups is 1. The minimum atomic E-state index is -1.98. The van der Waals surface area contributed by atoms with Crippen LogP contribution in [0.1, 0.15) is 264 Å². The fourth-order valence-corrected chi connectivity index (χ4v) is 12.1. The second-order valence-corrected chi connectivity index (χ2v) is 25.7. The van der Waals surface area contributed by atoms with Crippen LogP contribution in [0.3, 0.4) is 0 Å². The van der Waals surface area contributed by atoms with Crippen LogP contribution in [-0.2, 0) is 33.2 Å². The van der Waals surface area contributed by atoms with Crippen molar-refractivity contribution >= 4 is 5.91 Å². The molecule has 3 heterocycles. The molecule has 0 bridgehead atoms. The van der Waals surface area contributed by atoms with Gasteiger partial charge in [0.25, 0.3) is 0 Å². The molecule has 0 aromatic heterocycles. The first-order valence-corrected chi connectivity index (χ1v) is 35.9. The number of unbranched alkanes of at least 4 members (excludes halogenated alkanes) is 31. The smallest absolute Gasteiger partial charge is 0.220 e. The summed E-state index contributed by atoms with van der Waals surface area (Å²) in [5.74, 6) is -0.265. The number of aliphatic hydroxyl groups excluding tert-OH is 11. The van der Waals surface area contributed by atoms with Gasteiger partial charge >= 0.3 is 0 Å². The first kappa shape index (κ1) is 82.0. The van der Waals surface area contributed by atoms with E-state index in [9.17, 15) is 61.0 Å². The van der Waals surface area contributed by atoms with Gasteiger partial charge in [0.1, 0.15) is 73.2 Å². The lowest BCUT2D eigenvalue weighted by molar-refractivity contribution is -0.379. The molecule has 3 rings (SSSR count). The fourth-order valence-electron chi connectivity index (χ4n) is 12.1. The number of amides is 1. The summed E-state index contributed by atoms with van der Waals surface area (Å²) in [5, 5.41) is 121. The number of carbonyl (C=O) groups excluding carboxylic acids is 1. The predicted molar refractivity (Wildman–Crippen MR) is 351 cm³/mol. The molecular formula is C71H129NO18. The molecule has 0 aromatic rings. The summed E-state index contributed by atoms with van der Waals surface area (Å²) in [5.41, 5.74) is 0. The van der Waals surface area contributed by atoms with Crippen molar-refractivity contribution in [2.75, 3.05) is 26.4 Å². The average Bonchev–Trinajstić information content (AvgIpc) is 0.847. The van der Waals surface area contributed by atoms with Gasteiger partial charge in [0.2, 0.25) is 5.91 Å². The summed E-state index contributed by atoms with van der Waals surface area (Å²) >= 11 is 0. The normalized spacial score (nSPS) is 28.3. The van der Waals surface area contributed by atoms with E-state index in [4.69, 9.17) is 28.4 Å². The molecule has 0 saturated carbocycles.